The zero-order chi connectivity index (χ0) is 23.8. The first kappa shape index (κ1) is 24.8. The molecule has 4 N–H and O–H groups in total. The van der Waals surface area contributed by atoms with Gasteiger partial charge in [0.2, 0.25) is 0 Å². The molecule has 0 bridgehead atoms. The normalized spacial score (nSPS) is 26.9. The van der Waals surface area contributed by atoms with E-state index in [1.165, 1.54) is 6.07 Å². The van der Waals surface area contributed by atoms with E-state index in [9.17, 15) is 33.6 Å². The first-order valence-corrected chi connectivity index (χ1v) is 9.87. The van der Waals surface area contributed by atoms with Gasteiger partial charge in [-0.2, -0.15) is 22.0 Å². The lowest BCUT2D eigenvalue weighted by Crippen LogP contribution is -2.55. The molecule has 1 heterocycles. The number of ether oxygens (including phenoxy) is 1. The summed E-state index contributed by atoms with van der Waals surface area (Å²) < 4.78 is 73.3. The van der Waals surface area contributed by atoms with Crippen LogP contribution in [0.1, 0.15) is 28.4 Å². The number of benzene rings is 2. The first-order valence-electron chi connectivity index (χ1n) is 9.49. The molecule has 0 aromatic heterocycles. The molecule has 0 radical (unpaired) electrons. The number of aliphatic hydroxyl groups excluding tert-OH is 4. The highest BCUT2D eigenvalue weighted by Crippen LogP contribution is 2.42. The van der Waals surface area contributed by atoms with Gasteiger partial charge in [0.05, 0.1) is 18.1 Å². The van der Waals surface area contributed by atoms with Crippen molar-refractivity contribution in [2.45, 2.75) is 49.0 Å². The molecular formula is C21H20ClF5O5. The summed E-state index contributed by atoms with van der Waals surface area (Å²) in [7, 11) is 0. The predicted octanol–water partition coefficient (Wildman–Crippen LogP) is 3.10. The van der Waals surface area contributed by atoms with Gasteiger partial charge < -0.3 is 25.2 Å². The van der Waals surface area contributed by atoms with E-state index in [4.69, 9.17) is 16.3 Å². The maximum Gasteiger partial charge on any atom is 0.393 e. The second kappa shape index (κ2) is 9.20. The van der Waals surface area contributed by atoms with Crippen LogP contribution in [-0.4, -0.2) is 57.6 Å². The van der Waals surface area contributed by atoms with Crippen LogP contribution in [0.25, 0.3) is 0 Å². The number of alkyl halides is 5. The second-order valence-electron chi connectivity index (χ2n) is 7.55. The SMILES string of the molecule is OC[C@H]1O[C@@H](c2ccc(Cl)c(C(F)(F)c3ccc(CC(F)(F)F)cc3)c2)[C@H](O)[C@@H](O)[C@@H]1O. The molecule has 3 rings (SSSR count). The molecular weight excluding hydrogens is 463 g/mol. The minimum absolute atomic E-state index is 0.00494. The Kier molecular flexibility index (Phi) is 7.14. The molecule has 176 valence electrons. The number of aliphatic hydroxyl groups is 4. The van der Waals surface area contributed by atoms with Gasteiger partial charge in [-0.3, -0.25) is 0 Å². The van der Waals surface area contributed by atoms with E-state index in [-0.39, 0.29) is 16.1 Å². The summed E-state index contributed by atoms with van der Waals surface area (Å²) in [6.07, 6.45) is -13.3. The third-order valence-electron chi connectivity index (χ3n) is 5.27. The molecule has 5 nitrogen and oxygen atoms in total. The van der Waals surface area contributed by atoms with Crippen LogP contribution in [0, 0.1) is 0 Å². The Morgan fingerprint density at radius 3 is 2.06 bits per heavy atom. The zero-order valence-electron chi connectivity index (χ0n) is 16.3. The van der Waals surface area contributed by atoms with Gasteiger partial charge >= 0.3 is 6.18 Å². The van der Waals surface area contributed by atoms with Crippen LogP contribution >= 0.6 is 11.6 Å². The monoisotopic (exact) mass is 482 g/mol. The van der Waals surface area contributed by atoms with Crippen molar-refractivity contribution < 1.29 is 47.1 Å². The molecule has 0 aliphatic carbocycles. The van der Waals surface area contributed by atoms with Gasteiger partial charge in [-0.15, -0.1) is 0 Å². The molecule has 5 atom stereocenters. The molecule has 0 amide bonds. The van der Waals surface area contributed by atoms with Crippen molar-refractivity contribution in [2.75, 3.05) is 6.61 Å². The molecule has 0 spiro atoms. The highest BCUT2D eigenvalue weighted by molar-refractivity contribution is 6.31. The van der Waals surface area contributed by atoms with Gasteiger partial charge in [0.1, 0.15) is 30.5 Å². The average molecular weight is 483 g/mol. The maximum absolute atomic E-state index is 15.2. The van der Waals surface area contributed by atoms with Gasteiger partial charge in [0.15, 0.2) is 0 Å². The van der Waals surface area contributed by atoms with Crippen molar-refractivity contribution in [3.05, 3.63) is 69.7 Å². The minimum atomic E-state index is -4.48. The van der Waals surface area contributed by atoms with Crippen LogP contribution < -0.4 is 0 Å². The highest BCUT2D eigenvalue weighted by Gasteiger charge is 2.45. The maximum atomic E-state index is 15.2. The summed E-state index contributed by atoms with van der Waals surface area (Å²) in [5, 5.41) is 39.1. The fraction of sp³-hybridized carbons (Fsp3) is 0.429. The van der Waals surface area contributed by atoms with E-state index in [1.54, 1.807) is 0 Å². The molecule has 1 fully saturated rings. The van der Waals surface area contributed by atoms with E-state index in [2.05, 4.69) is 0 Å². The summed E-state index contributed by atoms with van der Waals surface area (Å²) in [6.45, 7) is -0.692. The largest absolute Gasteiger partial charge is 0.394 e. The smallest absolute Gasteiger partial charge is 0.393 e. The van der Waals surface area contributed by atoms with E-state index >= 15 is 8.78 Å². The fourth-order valence-electron chi connectivity index (χ4n) is 3.56. The van der Waals surface area contributed by atoms with Crippen molar-refractivity contribution in [2.24, 2.45) is 0 Å². The molecule has 32 heavy (non-hydrogen) atoms. The van der Waals surface area contributed by atoms with Crippen LogP contribution in [0.4, 0.5) is 22.0 Å². The number of halogens is 6. The highest BCUT2D eigenvalue weighted by atomic mass is 35.5. The molecule has 0 unspecified atom stereocenters. The zero-order valence-corrected chi connectivity index (χ0v) is 17.1. The van der Waals surface area contributed by atoms with Gasteiger partial charge in [-0.05, 0) is 23.3 Å². The third-order valence-corrected chi connectivity index (χ3v) is 5.60. The standard InChI is InChI=1S/C21H20ClF5O5/c22-14-6-3-11(19-18(31)17(30)16(29)15(9-28)32-19)7-13(14)21(26,27)12-4-1-10(2-5-12)8-20(23,24)25/h1-7,15-19,28-31H,8-9H2/t15-,16-,17+,18-,19+/m1/s1. The molecule has 1 saturated heterocycles. The minimum Gasteiger partial charge on any atom is -0.394 e. The van der Waals surface area contributed by atoms with E-state index < -0.39 is 66.8 Å². The molecule has 1 aliphatic rings. The summed E-state index contributed by atoms with van der Waals surface area (Å²) in [6, 6.07) is 6.99. The lowest BCUT2D eigenvalue weighted by atomic mass is 9.89. The summed E-state index contributed by atoms with van der Waals surface area (Å²) in [4.78, 5) is 0. The fourth-order valence-corrected chi connectivity index (χ4v) is 3.79. The van der Waals surface area contributed by atoms with Crippen LogP contribution in [0.15, 0.2) is 42.5 Å². The Labute approximate surface area is 184 Å². The Hall–Kier alpha value is -1.82. The van der Waals surface area contributed by atoms with E-state index in [0.717, 1.165) is 36.4 Å². The van der Waals surface area contributed by atoms with Crippen LogP contribution in [0.2, 0.25) is 5.02 Å². The van der Waals surface area contributed by atoms with Crippen molar-refractivity contribution in [3.63, 3.8) is 0 Å². The Balaban J connectivity index is 1.94. The lowest BCUT2D eigenvalue weighted by molar-refractivity contribution is -0.231. The predicted molar refractivity (Wildman–Crippen MR) is 103 cm³/mol. The molecule has 1 aliphatic heterocycles. The summed E-state index contributed by atoms with van der Waals surface area (Å²) >= 11 is 5.97. The molecule has 0 saturated carbocycles. The van der Waals surface area contributed by atoms with E-state index in [0.29, 0.717) is 0 Å². The molecule has 11 heteroatoms. The van der Waals surface area contributed by atoms with Gasteiger partial charge in [0.25, 0.3) is 5.92 Å². The van der Waals surface area contributed by atoms with Crippen molar-refractivity contribution in [1.29, 1.82) is 0 Å². The number of hydrogen-bond donors (Lipinski definition) is 4. The van der Waals surface area contributed by atoms with E-state index in [1.807, 2.05) is 0 Å². The van der Waals surface area contributed by atoms with Gasteiger partial charge in [0, 0.05) is 11.1 Å². The summed E-state index contributed by atoms with van der Waals surface area (Å²) in [5.74, 6) is -3.71. The number of hydrogen-bond acceptors (Lipinski definition) is 5. The van der Waals surface area contributed by atoms with Gasteiger partial charge in [-0.25, -0.2) is 0 Å². The lowest BCUT2D eigenvalue weighted by Gasteiger charge is -2.40. The van der Waals surface area contributed by atoms with Gasteiger partial charge in [-0.1, -0.05) is 41.9 Å². The second-order valence-corrected chi connectivity index (χ2v) is 7.96. The average Bonchev–Trinajstić information content (AvgIpc) is 2.72. The third kappa shape index (κ3) is 5.05. The topological polar surface area (TPSA) is 90.2 Å². The Morgan fingerprint density at radius 2 is 1.50 bits per heavy atom. The van der Waals surface area contributed by atoms with Crippen molar-refractivity contribution in [3.8, 4) is 0 Å². The van der Waals surface area contributed by atoms with Crippen LogP contribution in [0.3, 0.4) is 0 Å². The summed E-state index contributed by atoms with van der Waals surface area (Å²) in [5.41, 5.74) is -1.48. The van der Waals surface area contributed by atoms with Crippen molar-refractivity contribution in [1.82, 2.24) is 0 Å². The van der Waals surface area contributed by atoms with Crippen molar-refractivity contribution >= 4 is 11.6 Å². The Bertz CT molecular complexity index is 935. The number of rotatable bonds is 5. The quantitative estimate of drug-likeness (QED) is 0.492. The first-order chi connectivity index (χ1) is 14.8. The van der Waals surface area contributed by atoms with Crippen LogP contribution in [0.5, 0.6) is 0 Å². The Morgan fingerprint density at radius 1 is 0.875 bits per heavy atom. The van der Waals surface area contributed by atoms with Crippen LogP contribution in [-0.2, 0) is 17.1 Å². The molecule has 2 aromatic carbocycles. The molecule has 2 aromatic rings.